The highest BCUT2D eigenvalue weighted by Crippen LogP contribution is 2.06. The van der Waals surface area contributed by atoms with E-state index in [9.17, 15) is 4.39 Å². The standard InChI is InChI=1S/C11H17F/c1-4-7-10(8-5-2)9-11(12)6-3/h4-5,7-9,11H,6H2,1-3H3. The normalized spacial score (nSPS) is 14.0. The third-order valence-corrected chi connectivity index (χ3v) is 1.48. The molecule has 1 heteroatoms. The first-order chi connectivity index (χ1) is 5.74. The first kappa shape index (κ1) is 11.2. The Bertz CT molecular complexity index is 173. The summed E-state index contributed by atoms with van der Waals surface area (Å²) in [6.07, 6.45) is 8.98. The Morgan fingerprint density at radius 1 is 1.25 bits per heavy atom. The van der Waals surface area contributed by atoms with Crippen LogP contribution in [0.25, 0.3) is 0 Å². The van der Waals surface area contributed by atoms with E-state index >= 15 is 0 Å². The second-order valence-corrected chi connectivity index (χ2v) is 2.59. The van der Waals surface area contributed by atoms with Crippen molar-refractivity contribution in [2.24, 2.45) is 0 Å². The SMILES string of the molecule is CC=CC(C=CC)=CC(F)CC. The van der Waals surface area contributed by atoms with E-state index in [-0.39, 0.29) is 0 Å². The number of hydrogen-bond donors (Lipinski definition) is 0. The van der Waals surface area contributed by atoms with Crippen LogP contribution in [0, 0.1) is 0 Å². The average molecular weight is 168 g/mol. The largest absolute Gasteiger partial charge is 0.243 e. The molecular formula is C11H17F. The van der Waals surface area contributed by atoms with Crippen LogP contribution in [0.4, 0.5) is 4.39 Å². The lowest BCUT2D eigenvalue weighted by Crippen LogP contribution is -1.92. The van der Waals surface area contributed by atoms with E-state index in [4.69, 9.17) is 0 Å². The van der Waals surface area contributed by atoms with Crippen LogP contribution >= 0.6 is 0 Å². The predicted octanol–water partition coefficient (Wildman–Crippen LogP) is 3.81. The molecule has 0 rings (SSSR count). The Balaban J connectivity index is 4.37. The smallest absolute Gasteiger partial charge is 0.119 e. The van der Waals surface area contributed by atoms with Gasteiger partial charge in [-0.3, -0.25) is 0 Å². The van der Waals surface area contributed by atoms with Crippen LogP contribution in [-0.2, 0) is 0 Å². The van der Waals surface area contributed by atoms with Crippen LogP contribution in [0.3, 0.4) is 0 Å². The highest BCUT2D eigenvalue weighted by atomic mass is 19.1. The fourth-order valence-corrected chi connectivity index (χ4v) is 0.878. The molecule has 0 fully saturated rings. The monoisotopic (exact) mass is 168 g/mol. The zero-order valence-electron chi connectivity index (χ0n) is 8.05. The molecule has 0 saturated carbocycles. The summed E-state index contributed by atoms with van der Waals surface area (Å²) in [6, 6.07) is 0. The molecule has 0 bridgehead atoms. The number of allylic oxidation sites excluding steroid dienone is 6. The van der Waals surface area contributed by atoms with Crippen molar-refractivity contribution < 1.29 is 4.39 Å². The van der Waals surface area contributed by atoms with Gasteiger partial charge in [-0.1, -0.05) is 31.2 Å². The van der Waals surface area contributed by atoms with Gasteiger partial charge in [-0.25, -0.2) is 4.39 Å². The predicted molar refractivity (Wildman–Crippen MR) is 52.9 cm³/mol. The summed E-state index contributed by atoms with van der Waals surface area (Å²) in [6.45, 7) is 5.69. The van der Waals surface area contributed by atoms with Crippen LogP contribution in [-0.4, -0.2) is 6.17 Å². The van der Waals surface area contributed by atoms with Crippen LogP contribution < -0.4 is 0 Å². The minimum absolute atomic E-state index is 0.540. The van der Waals surface area contributed by atoms with Crippen molar-refractivity contribution in [1.29, 1.82) is 0 Å². The average Bonchev–Trinajstić information content (AvgIpc) is 2.05. The molecule has 0 spiro atoms. The molecule has 0 saturated heterocycles. The lowest BCUT2D eigenvalue weighted by atomic mass is 10.1. The van der Waals surface area contributed by atoms with E-state index in [1.54, 1.807) is 6.08 Å². The topological polar surface area (TPSA) is 0 Å². The van der Waals surface area contributed by atoms with Crippen molar-refractivity contribution in [2.45, 2.75) is 33.4 Å². The van der Waals surface area contributed by atoms with E-state index in [0.29, 0.717) is 6.42 Å². The Morgan fingerprint density at radius 3 is 2.08 bits per heavy atom. The molecule has 0 aromatic carbocycles. The second-order valence-electron chi connectivity index (χ2n) is 2.59. The molecule has 1 atom stereocenters. The maximum atomic E-state index is 12.9. The lowest BCUT2D eigenvalue weighted by Gasteiger charge is -1.98. The first-order valence-corrected chi connectivity index (χ1v) is 4.35. The van der Waals surface area contributed by atoms with Crippen molar-refractivity contribution in [2.75, 3.05) is 0 Å². The first-order valence-electron chi connectivity index (χ1n) is 4.35. The zero-order valence-corrected chi connectivity index (χ0v) is 8.05. The molecule has 1 unspecified atom stereocenters. The van der Waals surface area contributed by atoms with E-state index in [1.165, 1.54) is 0 Å². The third-order valence-electron chi connectivity index (χ3n) is 1.48. The van der Waals surface area contributed by atoms with Crippen LogP contribution in [0.2, 0.25) is 0 Å². The third kappa shape index (κ3) is 4.89. The number of alkyl halides is 1. The van der Waals surface area contributed by atoms with Crippen molar-refractivity contribution in [1.82, 2.24) is 0 Å². The minimum atomic E-state index is -0.826. The summed E-state index contributed by atoms with van der Waals surface area (Å²) in [5, 5.41) is 0. The Kier molecular flexibility index (Phi) is 6.35. The zero-order chi connectivity index (χ0) is 9.40. The number of halogens is 1. The molecule has 0 radical (unpaired) electrons. The van der Waals surface area contributed by atoms with Crippen LogP contribution in [0.15, 0.2) is 36.0 Å². The fraction of sp³-hybridized carbons (Fsp3) is 0.455. The van der Waals surface area contributed by atoms with Gasteiger partial charge in [0.15, 0.2) is 0 Å². The fourth-order valence-electron chi connectivity index (χ4n) is 0.878. The van der Waals surface area contributed by atoms with Gasteiger partial charge in [0.25, 0.3) is 0 Å². The van der Waals surface area contributed by atoms with Gasteiger partial charge < -0.3 is 0 Å². The summed E-state index contributed by atoms with van der Waals surface area (Å²) in [5.74, 6) is 0. The summed E-state index contributed by atoms with van der Waals surface area (Å²) >= 11 is 0. The molecule has 0 aliphatic heterocycles. The molecule has 0 N–H and O–H groups in total. The van der Waals surface area contributed by atoms with Gasteiger partial charge in [-0.05, 0) is 31.9 Å². The van der Waals surface area contributed by atoms with Crippen LogP contribution in [0.1, 0.15) is 27.2 Å². The Morgan fingerprint density at radius 2 is 1.75 bits per heavy atom. The summed E-state index contributed by atoms with van der Waals surface area (Å²) in [5.41, 5.74) is 0.939. The molecule has 0 aromatic rings. The second kappa shape index (κ2) is 6.84. The minimum Gasteiger partial charge on any atom is -0.243 e. The lowest BCUT2D eigenvalue weighted by molar-refractivity contribution is 0.390. The Hall–Kier alpha value is -0.850. The molecule has 0 nitrogen and oxygen atoms in total. The van der Waals surface area contributed by atoms with E-state index in [2.05, 4.69) is 0 Å². The highest BCUT2D eigenvalue weighted by molar-refractivity contribution is 5.30. The van der Waals surface area contributed by atoms with Gasteiger partial charge in [0.1, 0.15) is 6.17 Å². The van der Waals surface area contributed by atoms with Crippen molar-refractivity contribution in [3.8, 4) is 0 Å². The highest BCUT2D eigenvalue weighted by Gasteiger charge is 1.97. The molecule has 68 valence electrons. The molecule has 0 heterocycles. The van der Waals surface area contributed by atoms with E-state index in [0.717, 1.165) is 5.57 Å². The summed E-state index contributed by atoms with van der Waals surface area (Å²) in [7, 11) is 0. The van der Waals surface area contributed by atoms with Gasteiger partial charge >= 0.3 is 0 Å². The number of hydrogen-bond acceptors (Lipinski definition) is 0. The van der Waals surface area contributed by atoms with E-state index in [1.807, 2.05) is 45.1 Å². The van der Waals surface area contributed by atoms with Crippen LogP contribution in [0.5, 0.6) is 0 Å². The molecule has 0 aromatic heterocycles. The van der Waals surface area contributed by atoms with E-state index < -0.39 is 6.17 Å². The molecule has 0 amide bonds. The maximum Gasteiger partial charge on any atom is 0.119 e. The quantitative estimate of drug-likeness (QED) is 0.560. The van der Waals surface area contributed by atoms with Gasteiger partial charge in [0, 0.05) is 0 Å². The summed E-state index contributed by atoms with van der Waals surface area (Å²) < 4.78 is 12.9. The van der Waals surface area contributed by atoms with Gasteiger partial charge in [-0.2, -0.15) is 0 Å². The van der Waals surface area contributed by atoms with Crippen molar-refractivity contribution in [3.63, 3.8) is 0 Å². The number of rotatable bonds is 4. The molecule has 0 aliphatic rings. The maximum absolute atomic E-state index is 12.9. The van der Waals surface area contributed by atoms with Gasteiger partial charge in [0.05, 0.1) is 0 Å². The summed E-state index contributed by atoms with van der Waals surface area (Å²) in [4.78, 5) is 0. The molecule has 0 aliphatic carbocycles. The molecule has 12 heavy (non-hydrogen) atoms. The van der Waals surface area contributed by atoms with Gasteiger partial charge in [0.2, 0.25) is 0 Å². The van der Waals surface area contributed by atoms with Crippen molar-refractivity contribution >= 4 is 0 Å². The van der Waals surface area contributed by atoms with Crippen molar-refractivity contribution in [3.05, 3.63) is 36.0 Å². The Labute approximate surface area is 74.5 Å². The van der Waals surface area contributed by atoms with Gasteiger partial charge in [-0.15, -0.1) is 0 Å². The molecular weight excluding hydrogens is 151 g/mol.